The van der Waals surface area contributed by atoms with E-state index in [0.717, 1.165) is 23.7 Å². The van der Waals surface area contributed by atoms with Crippen LogP contribution in [0.4, 0.5) is 0 Å². The molecule has 0 saturated carbocycles. The number of carbonyl (C=O) groups is 1. The van der Waals surface area contributed by atoms with Crippen LogP contribution in [-0.2, 0) is 11.8 Å². The Morgan fingerprint density at radius 2 is 2.24 bits per heavy atom. The van der Waals surface area contributed by atoms with E-state index in [1.165, 1.54) is 10.5 Å². The second-order valence-corrected chi connectivity index (χ2v) is 6.21. The zero-order valence-corrected chi connectivity index (χ0v) is 13.2. The van der Waals surface area contributed by atoms with E-state index >= 15 is 0 Å². The summed E-state index contributed by atoms with van der Waals surface area (Å²) < 4.78 is 1.70. The van der Waals surface area contributed by atoms with E-state index in [2.05, 4.69) is 22.2 Å². The van der Waals surface area contributed by atoms with Gasteiger partial charge in [0, 0.05) is 25.0 Å². The van der Waals surface area contributed by atoms with Crippen LogP contribution in [0.5, 0.6) is 0 Å². The van der Waals surface area contributed by atoms with Gasteiger partial charge in [-0.25, -0.2) is 4.98 Å². The summed E-state index contributed by atoms with van der Waals surface area (Å²) in [6.07, 6.45) is 4.66. The van der Waals surface area contributed by atoms with Crippen molar-refractivity contribution in [3.63, 3.8) is 0 Å². The Morgan fingerprint density at radius 1 is 1.43 bits per heavy atom. The van der Waals surface area contributed by atoms with Crippen molar-refractivity contribution in [3.8, 4) is 10.7 Å². The smallest absolute Gasteiger partial charge is 0.237 e. The summed E-state index contributed by atoms with van der Waals surface area (Å²) in [5.41, 5.74) is 1.28. The maximum atomic E-state index is 11.5. The highest BCUT2D eigenvalue weighted by Gasteiger charge is 2.18. The lowest BCUT2D eigenvalue weighted by molar-refractivity contribution is -0.128. The Hall–Kier alpha value is -1.66. The minimum Gasteiger partial charge on any atom is -0.338 e. The SMILES string of the molecule is Cn1cnc(-c2ccc(C3=CCN(C(=O)CCl)CC3)s2)n1. The van der Waals surface area contributed by atoms with Crippen molar-refractivity contribution in [2.45, 2.75) is 6.42 Å². The summed E-state index contributed by atoms with van der Waals surface area (Å²) in [7, 11) is 1.86. The van der Waals surface area contributed by atoms with Gasteiger partial charge < -0.3 is 4.90 Å². The summed E-state index contributed by atoms with van der Waals surface area (Å²) >= 11 is 7.27. The van der Waals surface area contributed by atoms with Gasteiger partial charge in [-0.05, 0) is 24.1 Å². The van der Waals surface area contributed by atoms with Gasteiger partial charge in [0.25, 0.3) is 0 Å². The van der Waals surface area contributed by atoms with E-state index in [9.17, 15) is 4.79 Å². The molecule has 0 radical (unpaired) electrons. The van der Waals surface area contributed by atoms with Crippen LogP contribution in [0.25, 0.3) is 16.3 Å². The maximum Gasteiger partial charge on any atom is 0.237 e. The van der Waals surface area contributed by atoms with E-state index < -0.39 is 0 Å². The molecule has 110 valence electrons. The number of amides is 1. The summed E-state index contributed by atoms with van der Waals surface area (Å²) in [5, 5.41) is 4.31. The van der Waals surface area contributed by atoms with Crippen molar-refractivity contribution < 1.29 is 4.79 Å². The third-order valence-electron chi connectivity index (χ3n) is 3.42. The second-order valence-electron chi connectivity index (χ2n) is 4.86. The highest BCUT2D eigenvalue weighted by Crippen LogP contribution is 2.32. The number of thiophene rings is 1. The number of hydrogen-bond acceptors (Lipinski definition) is 4. The van der Waals surface area contributed by atoms with Gasteiger partial charge in [0.2, 0.25) is 5.91 Å². The van der Waals surface area contributed by atoms with Crippen LogP contribution in [0.2, 0.25) is 0 Å². The quantitative estimate of drug-likeness (QED) is 0.815. The van der Waals surface area contributed by atoms with E-state index in [0.29, 0.717) is 6.54 Å². The number of carbonyl (C=O) groups excluding carboxylic acids is 1. The Morgan fingerprint density at radius 3 is 2.86 bits per heavy atom. The van der Waals surface area contributed by atoms with Gasteiger partial charge in [0.15, 0.2) is 5.82 Å². The van der Waals surface area contributed by atoms with E-state index in [1.54, 1.807) is 27.2 Å². The molecule has 7 heteroatoms. The first-order valence-electron chi connectivity index (χ1n) is 6.66. The lowest BCUT2D eigenvalue weighted by Crippen LogP contribution is -2.35. The van der Waals surface area contributed by atoms with Gasteiger partial charge in [0.05, 0.1) is 4.88 Å². The highest BCUT2D eigenvalue weighted by molar-refractivity contribution is 7.16. The fourth-order valence-corrected chi connectivity index (χ4v) is 3.47. The topological polar surface area (TPSA) is 51.0 Å². The van der Waals surface area contributed by atoms with Crippen molar-refractivity contribution in [2.75, 3.05) is 19.0 Å². The molecule has 0 spiro atoms. The molecule has 1 aliphatic rings. The molecule has 0 aromatic carbocycles. The van der Waals surface area contributed by atoms with Gasteiger partial charge in [-0.3, -0.25) is 9.48 Å². The average molecular weight is 323 g/mol. The first-order valence-corrected chi connectivity index (χ1v) is 8.01. The zero-order chi connectivity index (χ0) is 14.8. The Labute approximate surface area is 131 Å². The van der Waals surface area contributed by atoms with Crippen LogP contribution in [0.15, 0.2) is 24.5 Å². The molecule has 5 nitrogen and oxygen atoms in total. The first-order chi connectivity index (χ1) is 10.2. The number of rotatable bonds is 3. The molecule has 0 saturated heterocycles. The fraction of sp³-hybridized carbons (Fsp3) is 0.357. The van der Waals surface area contributed by atoms with Crippen LogP contribution in [-0.4, -0.2) is 44.5 Å². The van der Waals surface area contributed by atoms with Crippen molar-refractivity contribution in [1.29, 1.82) is 0 Å². The molecule has 0 N–H and O–H groups in total. The lowest BCUT2D eigenvalue weighted by Gasteiger charge is -2.25. The fourth-order valence-electron chi connectivity index (χ4n) is 2.29. The number of aryl methyl sites for hydroxylation is 1. The van der Waals surface area contributed by atoms with Gasteiger partial charge in [-0.1, -0.05) is 6.08 Å². The number of nitrogens with zero attached hydrogens (tertiary/aromatic N) is 4. The third kappa shape index (κ3) is 3.01. The minimum absolute atomic E-state index is 0.00322. The van der Waals surface area contributed by atoms with E-state index in [-0.39, 0.29) is 11.8 Å². The second kappa shape index (κ2) is 5.99. The monoisotopic (exact) mass is 322 g/mol. The number of hydrogen-bond donors (Lipinski definition) is 0. The highest BCUT2D eigenvalue weighted by atomic mass is 35.5. The van der Waals surface area contributed by atoms with Crippen LogP contribution in [0, 0.1) is 0 Å². The van der Waals surface area contributed by atoms with E-state index in [1.807, 2.05) is 13.1 Å². The molecular formula is C14H15ClN4OS. The largest absolute Gasteiger partial charge is 0.338 e. The Kier molecular flexibility index (Phi) is 4.07. The normalized spacial score (nSPS) is 15.1. The van der Waals surface area contributed by atoms with Gasteiger partial charge in [-0.2, -0.15) is 5.10 Å². The van der Waals surface area contributed by atoms with Crippen LogP contribution < -0.4 is 0 Å². The van der Waals surface area contributed by atoms with Crippen LogP contribution in [0.3, 0.4) is 0 Å². The zero-order valence-electron chi connectivity index (χ0n) is 11.6. The summed E-state index contributed by atoms with van der Waals surface area (Å²) in [6, 6.07) is 4.15. The molecule has 3 heterocycles. The maximum absolute atomic E-state index is 11.5. The molecule has 21 heavy (non-hydrogen) atoms. The predicted octanol–water partition coefficient (Wildman–Crippen LogP) is 2.40. The molecule has 1 aliphatic heterocycles. The third-order valence-corrected chi connectivity index (χ3v) is 4.80. The van der Waals surface area contributed by atoms with Gasteiger partial charge >= 0.3 is 0 Å². The van der Waals surface area contributed by atoms with Crippen LogP contribution in [0.1, 0.15) is 11.3 Å². The molecular weight excluding hydrogens is 308 g/mol. The standard InChI is InChI=1S/C14H15ClN4OS/c1-18-9-16-14(17-18)12-3-2-11(21-12)10-4-6-19(7-5-10)13(20)8-15/h2-4,9H,5-8H2,1H3. The van der Waals surface area contributed by atoms with Gasteiger partial charge in [0.1, 0.15) is 12.2 Å². The average Bonchev–Trinajstić information content (AvgIpc) is 3.15. The van der Waals surface area contributed by atoms with Gasteiger partial charge in [-0.15, -0.1) is 22.9 Å². The molecule has 2 aromatic rings. The lowest BCUT2D eigenvalue weighted by atomic mass is 10.1. The summed E-state index contributed by atoms with van der Waals surface area (Å²) in [6.45, 7) is 1.36. The molecule has 0 aliphatic carbocycles. The number of aromatic nitrogens is 3. The molecule has 0 fully saturated rings. The number of halogens is 1. The summed E-state index contributed by atoms with van der Waals surface area (Å²) in [4.78, 5) is 19.9. The summed E-state index contributed by atoms with van der Waals surface area (Å²) in [5.74, 6) is 0.804. The van der Waals surface area contributed by atoms with Crippen molar-refractivity contribution in [1.82, 2.24) is 19.7 Å². The molecule has 0 unspecified atom stereocenters. The van der Waals surface area contributed by atoms with Crippen molar-refractivity contribution in [3.05, 3.63) is 29.4 Å². The molecule has 0 atom stereocenters. The van der Waals surface area contributed by atoms with Crippen molar-refractivity contribution >= 4 is 34.4 Å². The molecule has 3 rings (SSSR count). The minimum atomic E-state index is -0.00322. The van der Waals surface area contributed by atoms with Crippen molar-refractivity contribution in [2.24, 2.45) is 7.05 Å². The van der Waals surface area contributed by atoms with Crippen LogP contribution >= 0.6 is 22.9 Å². The molecule has 1 amide bonds. The Balaban J connectivity index is 1.75. The first kappa shape index (κ1) is 14.3. The molecule has 2 aromatic heterocycles. The predicted molar refractivity (Wildman–Crippen MR) is 84.2 cm³/mol. The van der Waals surface area contributed by atoms with E-state index in [4.69, 9.17) is 11.6 Å². The number of alkyl halides is 1. The Bertz CT molecular complexity index is 691. The molecule has 0 bridgehead atoms.